The van der Waals surface area contributed by atoms with Crippen molar-refractivity contribution in [3.8, 4) is 5.75 Å². The van der Waals surface area contributed by atoms with E-state index < -0.39 is 20.0 Å². The van der Waals surface area contributed by atoms with E-state index in [2.05, 4.69) is 0 Å². The number of benzene rings is 1. The molecule has 1 aromatic rings. The second-order valence-electron chi connectivity index (χ2n) is 5.43. The van der Waals surface area contributed by atoms with Crippen LogP contribution in [-0.4, -0.2) is 64.5 Å². The molecule has 0 bridgehead atoms. The summed E-state index contributed by atoms with van der Waals surface area (Å²) in [6, 6.07) is 4.76. The minimum atomic E-state index is -3.63. The summed E-state index contributed by atoms with van der Waals surface area (Å²) in [7, 11) is -6.91. The minimum absolute atomic E-state index is 0.154. The van der Waals surface area contributed by atoms with E-state index in [1.807, 2.05) is 6.92 Å². The highest BCUT2D eigenvalue weighted by molar-refractivity contribution is 7.89. The van der Waals surface area contributed by atoms with Gasteiger partial charge >= 0.3 is 0 Å². The molecule has 0 radical (unpaired) electrons. The van der Waals surface area contributed by atoms with Crippen molar-refractivity contribution in [3.05, 3.63) is 23.8 Å². The summed E-state index contributed by atoms with van der Waals surface area (Å²) in [5.41, 5.74) is 0.752. The molecule has 0 atom stereocenters. The molecule has 7 nitrogen and oxygen atoms in total. The molecule has 9 heteroatoms. The number of piperazine rings is 1. The Morgan fingerprint density at radius 2 is 1.61 bits per heavy atom. The molecular formula is C14H22N2O5S2. The lowest BCUT2D eigenvalue weighted by Crippen LogP contribution is -2.50. The Morgan fingerprint density at radius 1 is 1.04 bits per heavy atom. The van der Waals surface area contributed by atoms with Gasteiger partial charge in [0, 0.05) is 26.2 Å². The highest BCUT2D eigenvalue weighted by atomic mass is 32.2. The summed E-state index contributed by atoms with van der Waals surface area (Å²) in [5, 5.41) is 0. The van der Waals surface area contributed by atoms with E-state index in [0.717, 1.165) is 11.8 Å². The highest BCUT2D eigenvalue weighted by Gasteiger charge is 2.31. The van der Waals surface area contributed by atoms with E-state index in [-0.39, 0.29) is 31.1 Å². The van der Waals surface area contributed by atoms with Crippen molar-refractivity contribution < 1.29 is 21.6 Å². The lowest BCUT2D eigenvalue weighted by Gasteiger charge is -2.32. The normalized spacial score (nSPS) is 18.0. The van der Waals surface area contributed by atoms with Gasteiger partial charge in [0.2, 0.25) is 20.0 Å². The molecule has 23 heavy (non-hydrogen) atoms. The van der Waals surface area contributed by atoms with Gasteiger partial charge < -0.3 is 4.74 Å². The van der Waals surface area contributed by atoms with Gasteiger partial charge in [-0.2, -0.15) is 8.61 Å². The Hall–Kier alpha value is -1.16. The molecule has 1 heterocycles. The predicted octanol–water partition coefficient (Wildman–Crippen LogP) is 0.660. The molecule has 1 aromatic carbocycles. The molecule has 0 unspecified atom stereocenters. The van der Waals surface area contributed by atoms with E-state index >= 15 is 0 Å². The Balaban J connectivity index is 2.18. The summed E-state index contributed by atoms with van der Waals surface area (Å²) < 4.78 is 56.4. The van der Waals surface area contributed by atoms with Crippen molar-refractivity contribution in [1.82, 2.24) is 8.61 Å². The van der Waals surface area contributed by atoms with Gasteiger partial charge in [-0.15, -0.1) is 0 Å². The average molecular weight is 362 g/mol. The summed E-state index contributed by atoms with van der Waals surface area (Å²) in [5.74, 6) is 0.661. The molecular weight excluding hydrogens is 340 g/mol. The van der Waals surface area contributed by atoms with Gasteiger partial charge in [-0.05, 0) is 37.6 Å². The number of aryl methyl sites for hydroxylation is 1. The number of hydrogen-bond acceptors (Lipinski definition) is 5. The van der Waals surface area contributed by atoms with E-state index in [9.17, 15) is 16.8 Å². The van der Waals surface area contributed by atoms with Crippen LogP contribution in [0.15, 0.2) is 23.1 Å². The number of hydrogen-bond donors (Lipinski definition) is 0. The maximum atomic E-state index is 12.7. The van der Waals surface area contributed by atoms with Gasteiger partial charge in [0.25, 0.3) is 0 Å². The first-order chi connectivity index (χ1) is 10.7. The fourth-order valence-electron chi connectivity index (χ4n) is 2.49. The van der Waals surface area contributed by atoms with Crippen molar-refractivity contribution in [2.45, 2.75) is 18.7 Å². The summed E-state index contributed by atoms with van der Waals surface area (Å²) >= 11 is 0. The molecule has 0 aliphatic carbocycles. The van der Waals surface area contributed by atoms with Crippen LogP contribution in [0, 0.1) is 6.92 Å². The minimum Gasteiger partial charge on any atom is -0.494 e. The molecule has 130 valence electrons. The van der Waals surface area contributed by atoms with E-state index in [1.54, 1.807) is 19.1 Å². The molecule has 1 saturated heterocycles. The van der Waals surface area contributed by atoms with Crippen LogP contribution in [0.4, 0.5) is 0 Å². The van der Waals surface area contributed by atoms with Crippen LogP contribution in [0.3, 0.4) is 0 Å². The second kappa shape index (κ2) is 6.76. The number of rotatable bonds is 5. The van der Waals surface area contributed by atoms with Crippen molar-refractivity contribution in [2.24, 2.45) is 0 Å². The van der Waals surface area contributed by atoms with E-state index in [1.165, 1.54) is 14.7 Å². The van der Waals surface area contributed by atoms with Gasteiger partial charge in [0.1, 0.15) is 5.75 Å². The predicted molar refractivity (Wildman–Crippen MR) is 87.5 cm³/mol. The van der Waals surface area contributed by atoms with Crippen molar-refractivity contribution in [1.29, 1.82) is 0 Å². The Morgan fingerprint density at radius 3 is 2.09 bits per heavy atom. The van der Waals surface area contributed by atoms with E-state index in [0.29, 0.717) is 12.4 Å². The van der Waals surface area contributed by atoms with Crippen LogP contribution < -0.4 is 4.74 Å². The zero-order chi connectivity index (χ0) is 17.3. The van der Waals surface area contributed by atoms with Gasteiger partial charge in [-0.25, -0.2) is 16.8 Å². The zero-order valence-electron chi connectivity index (χ0n) is 13.5. The van der Waals surface area contributed by atoms with Crippen LogP contribution >= 0.6 is 0 Å². The first kappa shape index (κ1) is 18.2. The Kier molecular flexibility index (Phi) is 5.34. The smallest absolute Gasteiger partial charge is 0.243 e. The monoisotopic (exact) mass is 362 g/mol. The van der Waals surface area contributed by atoms with Crippen molar-refractivity contribution in [3.63, 3.8) is 0 Å². The molecule has 1 aliphatic heterocycles. The van der Waals surface area contributed by atoms with Crippen LogP contribution in [0.2, 0.25) is 0 Å². The number of ether oxygens (including phenoxy) is 1. The molecule has 0 N–H and O–H groups in total. The van der Waals surface area contributed by atoms with Gasteiger partial charge in [0.15, 0.2) is 0 Å². The third kappa shape index (κ3) is 4.03. The molecule has 1 aliphatic rings. The molecule has 0 aromatic heterocycles. The Labute approximate surface area is 137 Å². The number of nitrogens with zero attached hydrogens (tertiary/aromatic N) is 2. The van der Waals surface area contributed by atoms with Gasteiger partial charge in [0.05, 0.1) is 17.8 Å². The first-order valence-electron chi connectivity index (χ1n) is 7.35. The van der Waals surface area contributed by atoms with Crippen LogP contribution in [-0.2, 0) is 20.0 Å². The molecule has 2 rings (SSSR count). The van der Waals surface area contributed by atoms with Crippen molar-refractivity contribution >= 4 is 20.0 Å². The fourth-order valence-corrected chi connectivity index (χ4v) is 4.83. The first-order valence-corrected chi connectivity index (χ1v) is 10.6. The maximum absolute atomic E-state index is 12.7. The lowest BCUT2D eigenvalue weighted by molar-refractivity contribution is 0.274. The third-order valence-corrected chi connectivity index (χ3v) is 6.95. The SMILES string of the molecule is CCOc1ccc(S(=O)(=O)N2CCN(S(C)(=O)=O)CC2)cc1C. The molecule has 0 amide bonds. The Bertz CT molecular complexity index is 766. The largest absolute Gasteiger partial charge is 0.494 e. The molecule has 0 saturated carbocycles. The van der Waals surface area contributed by atoms with Crippen molar-refractivity contribution in [2.75, 3.05) is 39.0 Å². The molecule has 1 fully saturated rings. The quantitative estimate of drug-likeness (QED) is 0.768. The number of sulfonamides is 2. The standard InChI is InChI=1S/C14H22N2O5S2/c1-4-21-14-6-5-13(11-12(14)2)23(19,20)16-9-7-15(8-10-16)22(3,17)18/h5-6,11H,4,7-10H2,1-3H3. The molecule has 0 spiro atoms. The fraction of sp³-hybridized carbons (Fsp3) is 0.571. The van der Waals surface area contributed by atoms with E-state index in [4.69, 9.17) is 4.74 Å². The zero-order valence-corrected chi connectivity index (χ0v) is 15.2. The highest BCUT2D eigenvalue weighted by Crippen LogP contribution is 2.25. The van der Waals surface area contributed by atoms with Crippen LogP contribution in [0.5, 0.6) is 5.75 Å². The van der Waals surface area contributed by atoms with Gasteiger partial charge in [-0.3, -0.25) is 0 Å². The lowest BCUT2D eigenvalue weighted by atomic mass is 10.2. The average Bonchev–Trinajstić information content (AvgIpc) is 2.48. The third-order valence-electron chi connectivity index (χ3n) is 3.75. The van der Waals surface area contributed by atoms with Crippen LogP contribution in [0.25, 0.3) is 0 Å². The summed E-state index contributed by atoms with van der Waals surface area (Å²) in [4.78, 5) is 0.200. The summed E-state index contributed by atoms with van der Waals surface area (Å²) in [6.07, 6.45) is 1.13. The second-order valence-corrected chi connectivity index (χ2v) is 9.35. The summed E-state index contributed by atoms with van der Waals surface area (Å²) in [6.45, 7) is 4.84. The van der Waals surface area contributed by atoms with Gasteiger partial charge in [-0.1, -0.05) is 0 Å². The topological polar surface area (TPSA) is 84.0 Å². The van der Waals surface area contributed by atoms with Crippen LogP contribution in [0.1, 0.15) is 12.5 Å². The maximum Gasteiger partial charge on any atom is 0.243 e.